The summed E-state index contributed by atoms with van der Waals surface area (Å²) in [6.07, 6.45) is 8.91. The number of carbonyl (C=O) groups excluding carboxylic acids is 2. The van der Waals surface area contributed by atoms with Crippen LogP contribution in [0.2, 0.25) is 0 Å². The maximum atomic E-state index is 12.7. The molecule has 0 radical (unpaired) electrons. The molecule has 26 heavy (non-hydrogen) atoms. The number of carboxylic acids is 1. The zero-order valence-corrected chi connectivity index (χ0v) is 16.3. The average Bonchev–Trinajstić information content (AvgIpc) is 2.66. The normalized spacial score (nSPS) is 24.3. The van der Waals surface area contributed by atoms with Crippen LogP contribution in [0, 0.1) is 17.8 Å². The summed E-state index contributed by atoms with van der Waals surface area (Å²) < 4.78 is 0. The Balaban J connectivity index is 1.73. The Morgan fingerprint density at radius 1 is 1.00 bits per heavy atom. The third kappa shape index (κ3) is 5.71. The lowest BCUT2D eigenvalue weighted by molar-refractivity contribution is -0.147. The van der Waals surface area contributed by atoms with E-state index < -0.39 is 5.97 Å². The van der Waals surface area contributed by atoms with Gasteiger partial charge in [0.15, 0.2) is 0 Å². The van der Waals surface area contributed by atoms with Gasteiger partial charge in [-0.05, 0) is 44.4 Å². The van der Waals surface area contributed by atoms with Gasteiger partial charge in [-0.15, -0.1) is 0 Å². The molecule has 0 unspecified atom stereocenters. The maximum absolute atomic E-state index is 12.7. The summed E-state index contributed by atoms with van der Waals surface area (Å²) >= 11 is 0. The van der Waals surface area contributed by atoms with Crippen LogP contribution in [0.4, 0.5) is 0 Å². The van der Waals surface area contributed by atoms with E-state index in [1.54, 1.807) is 16.8 Å². The van der Waals surface area contributed by atoms with Crippen molar-refractivity contribution < 1.29 is 19.5 Å². The molecular weight excluding hydrogens is 332 g/mol. The van der Waals surface area contributed by atoms with E-state index >= 15 is 0 Å². The summed E-state index contributed by atoms with van der Waals surface area (Å²) in [6.45, 7) is 3.26. The SMILES string of the molecule is CCCCC1CCC(C(=O)N(C)CC(=O)N2CCC(C(=O)O)CC2)CC1. The average molecular weight is 367 g/mol. The van der Waals surface area contributed by atoms with E-state index in [-0.39, 0.29) is 30.2 Å². The van der Waals surface area contributed by atoms with Crippen LogP contribution in [0.25, 0.3) is 0 Å². The van der Waals surface area contributed by atoms with E-state index in [9.17, 15) is 14.4 Å². The monoisotopic (exact) mass is 366 g/mol. The van der Waals surface area contributed by atoms with Gasteiger partial charge in [0.05, 0.1) is 12.5 Å². The number of likely N-dealkylation sites (tertiary alicyclic amines) is 1. The highest BCUT2D eigenvalue weighted by Crippen LogP contribution is 2.32. The molecule has 1 saturated heterocycles. The molecule has 1 N–H and O–H groups in total. The predicted molar refractivity (Wildman–Crippen MR) is 99.5 cm³/mol. The molecule has 0 bridgehead atoms. The Morgan fingerprint density at radius 3 is 2.15 bits per heavy atom. The highest BCUT2D eigenvalue weighted by Gasteiger charge is 2.31. The van der Waals surface area contributed by atoms with Crippen LogP contribution in [0.15, 0.2) is 0 Å². The molecule has 2 rings (SSSR count). The van der Waals surface area contributed by atoms with E-state index in [4.69, 9.17) is 5.11 Å². The van der Waals surface area contributed by atoms with E-state index in [2.05, 4.69) is 6.92 Å². The molecule has 2 amide bonds. The molecule has 1 aliphatic carbocycles. The Kier molecular flexibility index (Phi) is 7.91. The van der Waals surface area contributed by atoms with Crippen molar-refractivity contribution in [1.82, 2.24) is 9.80 Å². The number of piperidine rings is 1. The van der Waals surface area contributed by atoms with Crippen LogP contribution in [0.3, 0.4) is 0 Å². The zero-order chi connectivity index (χ0) is 19.1. The van der Waals surface area contributed by atoms with Crippen LogP contribution in [0.1, 0.15) is 64.7 Å². The Bertz CT molecular complexity index is 492. The molecule has 2 fully saturated rings. The number of rotatable bonds is 7. The second kappa shape index (κ2) is 9.93. The van der Waals surface area contributed by atoms with E-state index in [0.29, 0.717) is 25.9 Å². The maximum Gasteiger partial charge on any atom is 0.306 e. The topological polar surface area (TPSA) is 77.9 Å². The summed E-state index contributed by atoms with van der Waals surface area (Å²) in [4.78, 5) is 39.4. The zero-order valence-electron chi connectivity index (χ0n) is 16.3. The van der Waals surface area contributed by atoms with Crippen molar-refractivity contribution in [1.29, 1.82) is 0 Å². The first-order valence-electron chi connectivity index (χ1n) is 10.2. The Labute approximate surface area is 156 Å². The Hall–Kier alpha value is -1.59. The van der Waals surface area contributed by atoms with Crippen molar-refractivity contribution in [2.75, 3.05) is 26.7 Å². The van der Waals surface area contributed by atoms with Crippen LogP contribution < -0.4 is 0 Å². The quantitative estimate of drug-likeness (QED) is 0.751. The van der Waals surface area contributed by atoms with E-state index in [1.165, 1.54) is 19.3 Å². The predicted octanol–water partition coefficient (Wildman–Crippen LogP) is 2.76. The molecular formula is C20H34N2O4. The standard InChI is InChI=1S/C20H34N2O4/c1-3-4-5-15-6-8-16(9-7-15)19(24)21(2)14-18(23)22-12-10-17(11-13-22)20(25)26/h15-17H,3-14H2,1-2H3,(H,25,26). The summed E-state index contributed by atoms with van der Waals surface area (Å²) in [5.74, 6) is -0.279. The van der Waals surface area contributed by atoms with Gasteiger partial charge < -0.3 is 14.9 Å². The van der Waals surface area contributed by atoms with Crippen molar-refractivity contribution in [2.24, 2.45) is 17.8 Å². The van der Waals surface area contributed by atoms with Crippen LogP contribution in [-0.4, -0.2) is 59.4 Å². The summed E-state index contributed by atoms with van der Waals surface area (Å²) in [5.41, 5.74) is 0. The highest BCUT2D eigenvalue weighted by atomic mass is 16.4. The minimum absolute atomic E-state index is 0.0587. The summed E-state index contributed by atoms with van der Waals surface area (Å²) in [6, 6.07) is 0. The summed E-state index contributed by atoms with van der Waals surface area (Å²) in [5, 5.41) is 9.04. The fraction of sp³-hybridized carbons (Fsp3) is 0.850. The van der Waals surface area contributed by atoms with Crippen molar-refractivity contribution in [2.45, 2.75) is 64.7 Å². The highest BCUT2D eigenvalue weighted by molar-refractivity contribution is 5.86. The number of hydrogen-bond donors (Lipinski definition) is 1. The molecule has 0 aromatic heterocycles. The fourth-order valence-corrected chi connectivity index (χ4v) is 4.26. The lowest BCUT2D eigenvalue weighted by Crippen LogP contribution is -2.46. The van der Waals surface area contributed by atoms with Gasteiger partial charge in [-0.3, -0.25) is 14.4 Å². The first-order valence-corrected chi connectivity index (χ1v) is 10.2. The van der Waals surface area contributed by atoms with E-state index in [1.807, 2.05) is 0 Å². The number of amides is 2. The third-order valence-electron chi connectivity index (χ3n) is 6.11. The van der Waals surface area contributed by atoms with Crippen molar-refractivity contribution in [3.63, 3.8) is 0 Å². The number of nitrogens with zero attached hydrogens (tertiary/aromatic N) is 2. The number of hydrogen-bond acceptors (Lipinski definition) is 3. The number of aliphatic carboxylic acids is 1. The molecule has 1 saturated carbocycles. The Morgan fingerprint density at radius 2 is 1.62 bits per heavy atom. The van der Waals surface area contributed by atoms with Gasteiger partial charge in [-0.2, -0.15) is 0 Å². The molecule has 1 aliphatic heterocycles. The van der Waals surface area contributed by atoms with Crippen LogP contribution in [-0.2, 0) is 14.4 Å². The largest absolute Gasteiger partial charge is 0.481 e. The fourth-order valence-electron chi connectivity index (χ4n) is 4.26. The van der Waals surface area contributed by atoms with Crippen molar-refractivity contribution >= 4 is 17.8 Å². The van der Waals surface area contributed by atoms with Gasteiger partial charge in [0.25, 0.3) is 0 Å². The second-order valence-corrected chi connectivity index (χ2v) is 8.05. The number of unbranched alkanes of at least 4 members (excludes halogenated alkanes) is 1. The molecule has 6 heteroatoms. The molecule has 0 spiro atoms. The van der Waals surface area contributed by atoms with Gasteiger partial charge in [0.1, 0.15) is 0 Å². The van der Waals surface area contributed by atoms with Crippen molar-refractivity contribution in [3.05, 3.63) is 0 Å². The molecule has 0 atom stereocenters. The molecule has 0 aromatic rings. The third-order valence-corrected chi connectivity index (χ3v) is 6.11. The second-order valence-electron chi connectivity index (χ2n) is 8.05. The van der Waals surface area contributed by atoms with E-state index in [0.717, 1.165) is 31.6 Å². The first-order chi connectivity index (χ1) is 12.4. The lowest BCUT2D eigenvalue weighted by Gasteiger charge is -2.33. The van der Waals surface area contributed by atoms with Gasteiger partial charge in [0.2, 0.25) is 11.8 Å². The smallest absolute Gasteiger partial charge is 0.306 e. The van der Waals surface area contributed by atoms with Crippen LogP contribution in [0.5, 0.6) is 0 Å². The molecule has 2 aliphatic rings. The lowest BCUT2D eigenvalue weighted by atomic mass is 9.79. The molecule has 0 aromatic carbocycles. The van der Waals surface area contributed by atoms with Crippen LogP contribution >= 0.6 is 0 Å². The number of carboxylic acid groups (broad SMARTS) is 1. The van der Waals surface area contributed by atoms with Gasteiger partial charge >= 0.3 is 5.97 Å². The van der Waals surface area contributed by atoms with Crippen molar-refractivity contribution in [3.8, 4) is 0 Å². The molecule has 6 nitrogen and oxygen atoms in total. The molecule has 1 heterocycles. The van der Waals surface area contributed by atoms with Gasteiger partial charge in [-0.25, -0.2) is 0 Å². The minimum atomic E-state index is -0.779. The number of likely N-dealkylation sites (N-methyl/N-ethyl adjacent to an activating group) is 1. The van der Waals surface area contributed by atoms with Gasteiger partial charge in [-0.1, -0.05) is 26.2 Å². The van der Waals surface area contributed by atoms with Gasteiger partial charge in [0, 0.05) is 26.1 Å². The first kappa shape index (κ1) is 20.7. The summed E-state index contributed by atoms with van der Waals surface area (Å²) in [7, 11) is 1.72. The minimum Gasteiger partial charge on any atom is -0.481 e. The number of carbonyl (C=O) groups is 3. The molecule has 148 valence electrons.